The fourth-order valence-corrected chi connectivity index (χ4v) is 2.40. The lowest BCUT2D eigenvalue weighted by atomic mass is 9.92. The molecule has 0 spiro atoms. The predicted molar refractivity (Wildman–Crippen MR) is 87.3 cm³/mol. The van der Waals surface area contributed by atoms with Crippen LogP contribution in [-0.2, 0) is 10.2 Å². The second-order valence-corrected chi connectivity index (χ2v) is 6.51. The Morgan fingerprint density at radius 1 is 1.36 bits per heavy atom. The molecule has 3 N–H and O–H groups in total. The molecule has 0 bridgehead atoms. The van der Waals surface area contributed by atoms with Gasteiger partial charge in [-0.2, -0.15) is 5.10 Å². The van der Waals surface area contributed by atoms with Gasteiger partial charge in [0.1, 0.15) is 5.82 Å². The normalized spacial score (nSPS) is 13.1. The molecule has 0 saturated carbocycles. The SMILES string of the molecule is CCC(C(=O)O)c1cccc(-n2nc(C(C)(C)C)cc2N)c1. The molecule has 0 aliphatic heterocycles. The summed E-state index contributed by atoms with van der Waals surface area (Å²) in [6.45, 7) is 8.10. The summed E-state index contributed by atoms with van der Waals surface area (Å²) < 4.78 is 1.67. The van der Waals surface area contributed by atoms with E-state index in [1.54, 1.807) is 4.68 Å². The molecule has 0 saturated heterocycles. The molecule has 1 heterocycles. The van der Waals surface area contributed by atoms with E-state index in [4.69, 9.17) is 5.73 Å². The van der Waals surface area contributed by atoms with Crippen molar-refractivity contribution in [3.8, 4) is 5.69 Å². The maximum absolute atomic E-state index is 11.3. The standard InChI is InChI=1S/C17H23N3O2/c1-5-13(16(21)22)11-7-6-8-12(9-11)20-15(18)10-14(19-20)17(2,3)4/h6-10,13H,5,18H2,1-4H3,(H,21,22). The number of hydrogen-bond acceptors (Lipinski definition) is 3. The number of aromatic nitrogens is 2. The van der Waals surface area contributed by atoms with E-state index in [0.29, 0.717) is 12.2 Å². The lowest BCUT2D eigenvalue weighted by Crippen LogP contribution is -2.13. The minimum absolute atomic E-state index is 0.0933. The van der Waals surface area contributed by atoms with Crippen molar-refractivity contribution in [3.63, 3.8) is 0 Å². The molecule has 0 amide bonds. The molecule has 0 radical (unpaired) electrons. The van der Waals surface area contributed by atoms with Crippen LogP contribution in [0.15, 0.2) is 30.3 Å². The molecule has 118 valence electrons. The Morgan fingerprint density at radius 2 is 2.05 bits per heavy atom. The highest BCUT2D eigenvalue weighted by Crippen LogP contribution is 2.27. The van der Waals surface area contributed by atoms with E-state index in [9.17, 15) is 9.90 Å². The largest absolute Gasteiger partial charge is 0.481 e. The van der Waals surface area contributed by atoms with Crippen LogP contribution in [-0.4, -0.2) is 20.9 Å². The molecule has 1 aromatic heterocycles. The van der Waals surface area contributed by atoms with Crippen LogP contribution in [0, 0.1) is 0 Å². The van der Waals surface area contributed by atoms with Crippen LogP contribution in [0.1, 0.15) is 51.3 Å². The monoisotopic (exact) mass is 301 g/mol. The van der Waals surface area contributed by atoms with Gasteiger partial charge in [-0.3, -0.25) is 4.79 Å². The van der Waals surface area contributed by atoms with E-state index in [1.165, 1.54) is 0 Å². The van der Waals surface area contributed by atoms with Crippen LogP contribution < -0.4 is 5.73 Å². The Labute approximate surface area is 130 Å². The van der Waals surface area contributed by atoms with Crippen molar-refractivity contribution in [2.75, 3.05) is 5.73 Å². The predicted octanol–water partition coefficient (Wildman–Crippen LogP) is 3.33. The first kappa shape index (κ1) is 16.1. The fraction of sp³-hybridized carbons (Fsp3) is 0.412. The van der Waals surface area contributed by atoms with E-state index in [-0.39, 0.29) is 5.41 Å². The van der Waals surface area contributed by atoms with Gasteiger partial charge in [0, 0.05) is 11.5 Å². The van der Waals surface area contributed by atoms with E-state index in [1.807, 2.05) is 37.3 Å². The zero-order chi connectivity index (χ0) is 16.5. The number of nitrogen functional groups attached to an aromatic ring is 1. The molecule has 22 heavy (non-hydrogen) atoms. The van der Waals surface area contributed by atoms with Gasteiger partial charge in [-0.1, -0.05) is 39.8 Å². The van der Waals surface area contributed by atoms with Gasteiger partial charge in [0.05, 0.1) is 17.3 Å². The van der Waals surface area contributed by atoms with Crippen molar-refractivity contribution in [2.24, 2.45) is 0 Å². The maximum atomic E-state index is 11.3. The summed E-state index contributed by atoms with van der Waals surface area (Å²) >= 11 is 0. The zero-order valence-electron chi connectivity index (χ0n) is 13.5. The maximum Gasteiger partial charge on any atom is 0.310 e. The minimum Gasteiger partial charge on any atom is -0.481 e. The number of nitrogens with two attached hydrogens (primary N) is 1. The van der Waals surface area contributed by atoms with Gasteiger partial charge in [-0.15, -0.1) is 0 Å². The summed E-state index contributed by atoms with van der Waals surface area (Å²) in [6, 6.07) is 9.26. The van der Waals surface area contributed by atoms with Gasteiger partial charge in [-0.05, 0) is 24.1 Å². The van der Waals surface area contributed by atoms with Crippen molar-refractivity contribution < 1.29 is 9.90 Å². The first-order valence-electron chi connectivity index (χ1n) is 7.43. The minimum atomic E-state index is -0.816. The lowest BCUT2D eigenvalue weighted by molar-refractivity contribution is -0.138. The van der Waals surface area contributed by atoms with Crippen LogP contribution in [0.3, 0.4) is 0 Å². The Balaban J connectivity index is 2.46. The molecule has 2 aromatic rings. The highest BCUT2D eigenvalue weighted by atomic mass is 16.4. The van der Waals surface area contributed by atoms with Crippen LogP contribution in [0.2, 0.25) is 0 Å². The van der Waals surface area contributed by atoms with Gasteiger partial charge in [0.2, 0.25) is 0 Å². The molecular formula is C17H23N3O2. The lowest BCUT2D eigenvalue weighted by Gasteiger charge is -2.14. The molecule has 1 atom stereocenters. The summed E-state index contributed by atoms with van der Waals surface area (Å²) in [5, 5.41) is 13.9. The first-order valence-corrected chi connectivity index (χ1v) is 7.43. The van der Waals surface area contributed by atoms with E-state index >= 15 is 0 Å². The van der Waals surface area contributed by atoms with Crippen molar-refractivity contribution >= 4 is 11.8 Å². The molecule has 0 aliphatic carbocycles. The topological polar surface area (TPSA) is 81.1 Å². The number of benzene rings is 1. The third kappa shape index (κ3) is 3.13. The number of anilines is 1. The van der Waals surface area contributed by atoms with Crippen molar-refractivity contribution in [1.29, 1.82) is 0 Å². The van der Waals surface area contributed by atoms with Crippen molar-refractivity contribution in [2.45, 2.75) is 45.4 Å². The summed E-state index contributed by atoms with van der Waals surface area (Å²) in [6.07, 6.45) is 0.542. The van der Waals surface area contributed by atoms with Crippen LogP contribution >= 0.6 is 0 Å². The highest BCUT2D eigenvalue weighted by molar-refractivity contribution is 5.76. The van der Waals surface area contributed by atoms with E-state index < -0.39 is 11.9 Å². The Morgan fingerprint density at radius 3 is 2.55 bits per heavy atom. The van der Waals surface area contributed by atoms with Gasteiger partial charge >= 0.3 is 5.97 Å². The average molecular weight is 301 g/mol. The smallest absolute Gasteiger partial charge is 0.310 e. The third-order valence-electron chi connectivity index (χ3n) is 3.73. The molecule has 0 aliphatic rings. The Kier molecular flexibility index (Phi) is 4.26. The van der Waals surface area contributed by atoms with Crippen LogP contribution in [0.5, 0.6) is 0 Å². The second-order valence-electron chi connectivity index (χ2n) is 6.51. The van der Waals surface area contributed by atoms with Gasteiger partial charge < -0.3 is 10.8 Å². The number of carbonyl (C=O) groups is 1. The Hall–Kier alpha value is -2.30. The van der Waals surface area contributed by atoms with Gasteiger partial charge in [-0.25, -0.2) is 4.68 Å². The molecule has 2 rings (SSSR count). The quantitative estimate of drug-likeness (QED) is 0.907. The summed E-state index contributed by atoms with van der Waals surface area (Å²) in [4.78, 5) is 11.3. The zero-order valence-corrected chi connectivity index (χ0v) is 13.5. The molecule has 1 unspecified atom stereocenters. The molecule has 0 fully saturated rings. The first-order chi connectivity index (χ1) is 10.2. The van der Waals surface area contributed by atoms with E-state index in [2.05, 4.69) is 25.9 Å². The number of carboxylic acid groups (broad SMARTS) is 1. The summed E-state index contributed by atoms with van der Waals surface area (Å²) in [5.41, 5.74) is 8.43. The number of nitrogens with zero attached hydrogens (tertiary/aromatic N) is 2. The third-order valence-corrected chi connectivity index (χ3v) is 3.73. The highest BCUT2D eigenvalue weighted by Gasteiger charge is 2.21. The van der Waals surface area contributed by atoms with E-state index in [0.717, 1.165) is 16.9 Å². The van der Waals surface area contributed by atoms with Crippen molar-refractivity contribution in [3.05, 3.63) is 41.6 Å². The summed E-state index contributed by atoms with van der Waals surface area (Å²) in [5.74, 6) is -0.785. The summed E-state index contributed by atoms with van der Waals surface area (Å²) in [7, 11) is 0. The fourth-order valence-electron chi connectivity index (χ4n) is 2.40. The number of aliphatic carboxylic acids is 1. The Bertz CT molecular complexity index is 683. The average Bonchev–Trinajstić information content (AvgIpc) is 2.81. The number of carboxylic acids is 1. The molecule has 5 heteroatoms. The molecular weight excluding hydrogens is 278 g/mol. The molecule has 1 aromatic carbocycles. The van der Waals surface area contributed by atoms with Gasteiger partial charge in [0.25, 0.3) is 0 Å². The molecule has 5 nitrogen and oxygen atoms in total. The second kappa shape index (κ2) is 5.83. The van der Waals surface area contributed by atoms with Crippen molar-refractivity contribution in [1.82, 2.24) is 9.78 Å². The number of rotatable bonds is 4. The van der Waals surface area contributed by atoms with Crippen LogP contribution in [0.4, 0.5) is 5.82 Å². The van der Waals surface area contributed by atoms with Crippen LogP contribution in [0.25, 0.3) is 5.69 Å². The number of hydrogen-bond donors (Lipinski definition) is 2. The van der Waals surface area contributed by atoms with Gasteiger partial charge in [0.15, 0.2) is 0 Å².